The van der Waals surface area contributed by atoms with Gasteiger partial charge in [0.1, 0.15) is 5.78 Å². The molecule has 3 nitrogen and oxygen atoms in total. The van der Waals surface area contributed by atoms with E-state index in [0.717, 1.165) is 12.6 Å². The molecule has 1 saturated heterocycles. The Morgan fingerprint density at radius 2 is 2.10 bits per heavy atom. The molecule has 0 saturated carbocycles. The van der Waals surface area contributed by atoms with Crippen LogP contribution in [0.25, 0.3) is 0 Å². The molecule has 0 aliphatic carbocycles. The predicted octanol–water partition coefficient (Wildman–Crippen LogP) is 0.274. The van der Waals surface area contributed by atoms with Gasteiger partial charge in [-0.05, 0) is 12.6 Å². The molecule has 1 heterocycles. The molecule has 0 aromatic rings. The van der Waals surface area contributed by atoms with E-state index in [9.17, 15) is 4.79 Å². The first-order valence-corrected chi connectivity index (χ1v) is 3.66. The fraction of sp³-hybridized carbons (Fsp3) is 0.833. The van der Waals surface area contributed by atoms with Crippen molar-refractivity contribution in [2.45, 2.75) is 25.5 Å². The molecule has 56 valence electrons. The van der Waals surface area contributed by atoms with Crippen LogP contribution in [0.4, 0.5) is 0 Å². The van der Waals surface area contributed by atoms with Gasteiger partial charge in [-0.25, -0.2) is 0 Å². The highest BCUT2D eigenvalue weighted by Gasteiger charge is 2.22. The summed E-state index contributed by atoms with van der Waals surface area (Å²) in [5.41, 5.74) is 5.19. The lowest BCUT2D eigenvalue weighted by molar-refractivity contribution is -0.118. The summed E-state index contributed by atoms with van der Waals surface area (Å²) in [7, 11) is 0. The van der Waals surface area contributed by atoms with E-state index < -0.39 is 0 Å². The number of hydrogen-bond acceptors (Lipinski definition) is 3. The second kappa shape index (κ2) is 3.73. The highest BCUT2D eigenvalue weighted by atomic mass is 16.4. The Bertz CT molecular complexity index is 119. The Morgan fingerprint density at radius 3 is 2.60 bits per heavy atom. The fourth-order valence-corrected chi connectivity index (χ4v) is 1.22. The summed E-state index contributed by atoms with van der Waals surface area (Å²) in [6.45, 7) is 0.515. The van der Waals surface area contributed by atoms with Crippen molar-refractivity contribution in [3.8, 4) is 0 Å². The van der Waals surface area contributed by atoms with Crippen molar-refractivity contribution < 1.29 is 9.45 Å². The summed E-state index contributed by atoms with van der Waals surface area (Å²) in [5, 5.41) is 0. The van der Waals surface area contributed by atoms with Gasteiger partial charge in [0.15, 0.2) is 0 Å². The molecule has 4 heteroatoms. The van der Waals surface area contributed by atoms with Gasteiger partial charge in [0.25, 0.3) is 6.92 Å². The molecule has 10 heavy (non-hydrogen) atoms. The smallest absolute Gasteiger partial charge is 0.295 e. The predicted molar refractivity (Wildman–Crippen MR) is 39.7 cm³/mol. The Hall–Kier alpha value is -0.345. The van der Waals surface area contributed by atoms with E-state index in [1.54, 1.807) is 0 Å². The first-order chi connectivity index (χ1) is 4.83. The lowest BCUT2D eigenvalue weighted by Crippen LogP contribution is -2.27. The van der Waals surface area contributed by atoms with E-state index >= 15 is 0 Å². The first-order valence-electron chi connectivity index (χ1n) is 3.66. The topological polar surface area (TPSA) is 52.3 Å². The molecule has 0 atom stereocenters. The van der Waals surface area contributed by atoms with Gasteiger partial charge in [0.2, 0.25) is 0 Å². The van der Waals surface area contributed by atoms with Gasteiger partial charge in [-0.3, -0.25) is 4.79 Å². The second-order valence-corrected chi connectivity index (χ2v) is 2.57. The van der Waals surface area contributed by atoms with Crippen molar-refractivity contribution in [2.24, 2.45) is 5.73 Å². The molecule has 1 aliphatic heterocycles. The van der Waals surface area contributed by atoms with Crippen LogP contribution in [-0.4, -0.2) is 19.4 Å². The van der Waals surface area contributed by atoms with Crippen LogP contribution >= 0.6 is 0 Å². The zero-order valence-corrected chi connectivity index (χ0v) is 6.01. The summed E-state index contributed by atoms with van der Waals surface area (Å²) in [6, 6.07) is 0. The third kappa shape index (κ3) is 2.12. The zero-order valence-electron chi connectivity index (χ0n) is 6.01. The summed E-state index contributed by atoms with van der Waals surface area (Å²) in [5.74, 6) is 0.358. The van der Waals surface area contributed by atoms with Crippen LogP contribution in [0.5, 0.6) is 0 Å². The third-order valence-corrected chi connectivity index (χ3v) is 1.82. The minimum Gasteiger partial charge on any atom is -0.424 e. The molecule has 0 amide bonds. The van der Waals surface area contributed by atoms with Crippen LogP contribution in [0.3, 0.4) is 0 Å². The molecule has 1 aliphatic rings. The molecule has 0 aromatic carbocycles. The minimum absolute atomic E-state index is 0.239. The maximum atomic E-state index is 10.7. The standard InChI is InChI=1S/C6H12BNO2/c8-5-10-7-3-1-6(9)2-4-7/h1-5,8H2. The summed E-state index contributed by atoms with van der Waals surface area (Å²) >= 11 is 0. The van der Waals surface area contributed by atoms with Crippen LogP contribution in [0, 0.1) is 0 Å². The molecule has 1 fully saturated rings. The lowest BCUT2D eigenvalue weighted by Gasteiger charge is -2.16. The van der Waals surface area contributed by atoms with Crippen LogP contribution in [-0.2, 0) is 9.45 Å². The maximum Gasteiger partial charge on any atom is 0.295 e. The average molecular weight is 141 g/mol. The fourth-order valence-electron chi connectivity index (χ4n) is 1.22. The molecule has 1 rings (SSSR count). The van der Waals surface area contributed by atoms with Gasteiger partial charge in [0.05, 0.1) is 6.73 Å². The number of nitrogens with two attached hydrogens (primary N) is 1. The van der Waals surface area contributed by atoms with Gasteiger partial charge in [0, 0.05) is 12.8 Å². The van der Waals surface area contributed by atoms with Crippen LogP contribution in [0.15, 0.2) is 0 Å². The van der Waals surface area contributed by atoms with Crippen molar-refractivity contribution in [1.29, 1.82) is 0 Å². The SMILES string of the molecule is NCOB1CCC(=O)CC1. The highest BCUT2D eigenvalue weighted by molar-refractivity contribution is 6.53. The first kappa shape index (κ1) is 7.76. The van der Waals surface area contributed by atoms with E-state index in [4.69, 9.17) is 10.4 Å². The van der Waals surface area contributed by atoms with Gasteiger partial charge in [-0.2, -0.15) is 0 Å². The van der Waals surface area contributed by atoms with Gasteiger partial charge in [-0.15, -0.1) is 0 Å². The molecular formula is C6H12BNO2. The highest BCUT2D eigenvalue weighted by Crippen LogP contribution is 2.15. The second-order valence-electron chi connectivity index (χ2n) is 2.57. The molecule has 0 aromatic heterocycles. The van der Waals surface area contributed by atoms with Gasteiger partial charge < -0.3 is 10.4 Å². The van der Waals surface area contributed by atoms with Gasteiger partial charge in [-0.1, -0.05) is 0 Å². The summed E-state index contributed by atoms with van der Waals surface area (Å²) in [4.78, 5) is 10.7. The van der Waals surface area contributed by atoms with Crippen LogP contribution in [0.2, 0.25) is 12.6 Å². The summed E-state index contributed by atoms with van der Waals surface area (Å²) in [6.07, 6.45) is 3.06. The van der Waals surface area contributed by atoms with Crippen molar-refractivity contribution >= 4 is 12.7 Å². The number of Topliss-reactive ketones (excluding diaryl/α,β-unsaturated/α-hetero) is 1. The van der Waals surface area contributed by atoms with Crippen molar-refractivity contribution in [3.63, 3.8) is 0 Å². The molecule has 0 spiro atoms. The van der Waals surface area contributed by atoms with Crippen molar-refractivity contribution in [1.82, 2.24) is 0 Å². The zero-order chi connectivity index (χ0) is 7.40. The van der Waals surface area contributed by atoms with Crippen molar-refractivity contribution in [2.75, 3.05) is 6.73 Å². The summed E-state index contributed by atoms with van der Waals surface area (Å²) < 4.78 is 5.16. The lowest BCUT2D eigenvalue weighted by atomic mass is 9.56. The third-order valence-electron chi connectivity index (χ3n) is 1.82. The number of carbonyl (C=O) groups excluding carboxylic acids is 1. The quantitative estimate of drug-likeness (QED) is 0.443. The number of ketones is 1. The van der Waals surface area contributed by atoms with E-state index in [2.05, 4.69) is 0 Å². The largest absolute Gasteiger partial charge is 0.424 e. The van der Waals surface area contributed by atoms with Crippen LogP contribution in [0.1, 0.15) is 12.8 Å². The van der Waals surface area contributed by atoms with E-state index in [0.29, 0.717) is 18.6 Å². The Morgan fingerprint density at radius 1 is 1.50 bits per heavy atom. The van der Waals surface area contributed by atoms with E-state index in [-0.39, 0.29) is 13.6 Å². The minimum atomic E-state index is 0.239. The molecule has 0 radical (unpaired) electrons. The molecule has 0 bridgehead atoms. The maximum absolute atomic E-state index is 10.7. The van der Waals surface area contributed by atoms with E-state index in [1.165, 1.54) is 0 Å². The number of carbonyl (C=O) groups is 1. The Labute approximate surface area is 61.0 Å². The van der Waals surface area contributed by atoms with Gasteiger partial charge >= 0.3 is 0 Å². The molecule has 0 unspecified atom stereocenters. The number of hydrogen-bond donors (Lipinski definition) is 1. The van der Waals surface area contributed by atoms with Crippen LogP contribution < -0.4 is 5.73 Å². The molecule has 2 N–H and O–H groups in total. The monoisotopic (exact) mass is 141 g/mol. The Balaban J connectivity index is 2.19. The Kier molecular flexibility index (Phi) is 2.90. The molecular weight excluding hydrogens is 129 g/mol. The average Bonchev–Trinajstić information content (AvgIpc) is 1.95. The van der Waals surface area contributed by atoms with E-state index in [1.807, 2.05) is 0 Å². The van der Waals surface area contributed by atoms with Crippen molar-refractivity contribution in [3.05, 3.63) is 0 Å². The normalized spacial score (nSPS) is 19.7. The number of rotatable bonds is 2.